The molecule has 0 heterocycles. The predicted molar refractivity (Wildman–Crippen MR) is 95.9 cm³/mol. The van der Waals surface area contributed by atoms with Crippen molar-refractivity contribution in [1.29, 1.82) is 0 Å². The first-order chi connectivity index (χ1) is 11.6. The summed E-state index contributed by atoms with van der Waals surface area (Å²) in [7, 11) is 0. The molecule has 4 atom stereocenters. The second-order valence-electron chi connectivity index (χ2n) is 8.74. The van der Waals surface area contributed by atoms with Crippen LogP contribution in [-0.2, 0) is 10.2 Å². The van der Waals surface area contributed by atoms with Gasteiger partial charge in [-0.15, -0.1) is 0 Å². The second kappa shape index (κ2) is 5.94. The van der Waals surface area contributed by atoms with Crippen LogP contribution >= 0.6 is 0 Å². The van der Waals surface area contributed by atoms with Crippen molar-refractivity contribution in [3.05, 3.63) is 34.9 Å². The highest BCUT2D eigenvalue weighted by Gasteiger charge is 2.58. The molecule has 4 nitrogen and oxygen atoms in total. The van der Waals surface area contributed by atoms with Crippen LogP contribution in [-0.4, -0.2) is 28.1 Å². The molecule has 0 aromatic heterocycles. The quantitative estimate of drug-likeness (QED) is 0.872. The van der Waals surface area contributed by atoms with Crippen LogP contribution in [0.4, 0.5) is 0 Å². The van der Waals surface area contributed by atoms with E-state index in [1.54, 1.807) is 0 Å². The minimum atomic E-state index is -1.13. The Balaban J connectivity index is 2.17. The number of ketones is 1. The number of aliphatic hydroxyl groups excluding tert-OH is 1. The third kappa shape index (κ3) is 2.71. The minimum absolute atomic E-state index is 0.0169. The van der Waals surface area contributed by atoms with Crippen molar-refractivity contribution < 1.29 is 19.8 Å². The van der Waals surface area contributed by atoms with Crippen LogP contribution in [0.15, 0.2) is 18.2 Å². The maximum Gasteiger partial charge on any atom is 0.303 e. The van der Waals surface area contributed by atoms with Crippen LogP contribution < -0.4 is 0 Å². The molecular formula is C21H28O4. The maximum absolute atomic E-state index is 13.0. The number of hydrogen-bond donors (Lipinski definition) is 2. The van der Waals surface area contributed by atoms with Crippen molar-refractivity contribution in [2.45, 2.75) is 70.8 Å². The average molecular weight is 344 g/mol. The van der Waals surface area contributed by atoms with Gasteiger partial charge in [-0.2, -0.15) is 0 Å². The van der Waals surface area contributed by atoms with E-state index in [4.69, 9.17) is 0 Å². The molecule has 2 aliphatic carbocycles. The Morgan fingerprint density at radius 2 is 1.96 bits per heavy atom. The normalized spacial score (nSPS) is 34.6. The first-order valence-corrected chi connectivity index (χ1v) is 9.19. The van der Waals surface area contributed by atoms with Crippen molar-refractivity contribution in [3.8, 4) is 0 Å². The zero-order valence-electron chi connectivity index (χ0n) is 15.5. The number of hydrogen-bond acceptors (Lipinski definition) is 3. The summed E-state index contributed by atoms with van der Waals surface area (Å²) in [5.74, 6) is -1.18. The minimum Gasteiger partial charge on any atom is -0.481 e. The number of fused-ring (bicyclic) bond motifs is 3. The van der Waals surface area contributed by atoms with Gasteiger partial charge in [-0.3, -0.25) is 9.59 Å². The molecule has 0 aliphatic heterocycles. The molecule has 0 saturated heterocycles. The molecule has 0 radical (unpaired) electrons. The summed E-state index contributed by atoms with van der Waals surface area (Å²) in [5.41, 5.74) is 1.74. The van der Waals surface area contributed by atoms with Crippen molar-refractivity contribution in [1.82, 2.24) is 0 Å². The fraction of sp³-hybridized carbons (Fsp3) is 0.619. The van der Waals surface area contributed by atoms with Crippen LogP contribution in [0.2, 0.25) is 0 Å². The van der Waals surface area contributed by atoms with E-state index >= 15 is 0 Å². The molecule has 2 N–H and O–H groups in total. The number of carbonyl (C=O) groups is 2. The predicted octanol–water partition coefficient (Wildman–Crippen LogP) is 3.91. The van der Waals surface area contributed by atoms with E-state index in [0.717, 1.165) is 30.4 Å². The van der Waals surface area contributed by atoms with Gasteiger partial charge in [0.25, 0.3) is 0 Å². The van der Waals surface area contributed by atoms with Gasteiger partial charge in [0, 0.05) is 11.5 Å². The molecule has 1 aromatic carbocycles. The number of aliphatic hydroxyl groups is 1. The summed E-state index contributed by atoms with van der Waals surface area (Å²) in [6, 6.07) is 6.03. The zero-order valence-corrected chi connectivity index (χ0v) is 15.5. The van der Waals surface area contributed by atoms with Crippen molar-refractivity contribution >= 4 is 11.8 Å². The summed E-state index contributed by atoms with van der Waals surface area (Å²) in [4.78, 5) is 24.4. The molecule has 1 fully saturated rings. The first kappa shape index (κ1) is 18.1. The van der Waals surface area contributed by atoms with Gasteiger partial charge in [0.15, 0.2) is 5.78 Å². The van der Waals surface area contributed by atoms with Crippen LogP contribution in [0, 0.1) is 11.3 Å². The van der Waals surface area contributed by atoms with Gasteiger partial charge in [-0.25, -0.2) is 0 Å². The molecule has 2 aliphatic rings. The maximum atomic E-state index is 13.0. The van der Waals surface area contributed by atoms with Crippen molar-refractivity contribution in [2.75, 3.05) is 0 Å². The van der Waals surface area contributed by atoms with Gasteiger partial charge in [0.1, 0.15) is 6.10 Å². The fourth-order valence-electron chi connectivity index (χ4n) is 5.45. The van der Waals surface area contributed by atoms with Crippen LogP contribution in [0.1, 0.15) is 80.8 Å². The lowest BCUT2D eigenvalue weighted by Crippen LogP contribution is -2.58. The lowest BCUT2D eigenvalue weighted by Gasteiger charge is -2.56. The Labute approximate surface area is 149 Å². The van der Waals surface area contributed by atoms with E-state index in [1.807, 2.05) is 19.1 Å². The Morgan fingerprint density at radius 1 is 1.28 bits per heavy atom. The van der Waals surface area contributed by atoms with Crippen molar-refractivity contribution in [2.24, 2.45) is 11.3 Å². The van der Waals surface area contributed by atoms with E-state index in [-0.39, 0.29) is 23.5 Å². The Bertz CT molecular complexity index is 723. The smallest absolute Gasteiger partial charge is 0.303 e. The summed E-state index contributed by atoms with van der Waals surface area (Å²) >= 11 is 0. The summed E-state index contributed by atoms with van der Waals surface area (Å²) in [6.45, 7) is 8.19. The number of Topliss-reactive ketones (excluding diaryl/α,β-unsaturated/α-hetero) is 1. The second-order valence-corrected chi connectivity index (χ2v) is 8.74. The van der Waals surface area contributed by atoms with Gasteiger partial charge in [0.2, 0.25) is 0 Å². The van der Waals surface area contributed by atoms with E-state index in [1.165, 1.54) is 0 Å². The van der Waals surface area contributed by atoms with Gasteiger partial charge < -0.3 is 10.2 Å². The Kier molecular flexibility index (Phi) is 4.31. The van der Waals surface area contributed by atoms with Crippen LogP contribution in [0.25, 0.3) is 0 Å². The largest absolute Gasteiger partial charge is 0.481 e. The first-order valence-electron chi connectivity index (χ1n) is 9.19. The lowest BCUT2D eigenvalue weighted by molar-refractivity contribution is -0.144. The van der Waals surface area contributed by atoms with Gasteiger partial charge >= 0.3 is 5.97 Å². The number of carbonyl (C=O) groups excluding carboxylic acids is 1. The van der Waals surface area contributed by atoms with Crippen molar-refractivity contribution in [3.63, 3.8) is 0 Å². The SMILES string of the molecule is CC(C)c1ccc2c(c1)C(=O)C(O)[C@H]1[C@](C)(CC(=O)O)CCC[C@]21C. The van der Waals surface area contributed by atoms with E-state index in [2.05, 4.69) is 26.8 Å². The van der Waals surface area contributed by atoms with Gasteiger partial charge in [0.05, 0.1) is 6.42 Å². The topological polar surface area (TPSA) is 74.6 Å². The number of carboxylic acid groups (broad SMARTS) is 1. The molecule has 4 heteroatoms. The summed E-state index contributed by atoms with van der Waals surface area (Å²) in [5, 5.41) is 20.3. The van der Waals surface area contributed by atoms with Gasteiger partial charge in [-0.1, -0.05) is 46.2 Å². The zero-order chi connectivity index (χ0) is 18.6. The van der Waals surface area contributed by atoms with E-state index in [9.17, 15) is 19.8 Å². The highest BCUT2D eigenvalue weighted by Crippen LogP contribution is 2.58. The number of aliphatic carboxylic acids is 1. The van der Waals surface area contributed by atoms with Crippen LogP contribution in [0.5, 0.6) is 0 Å². The fourth-order valence-corrected chi connectivity index (χ4v) is 5.45. The molecular weight excluding hydrogens is 316 g/mol. The molecule has 0 amide bonds. The molecule has 3 rings (SSSR count). The number of rotatable bonds is 3. The molecule has 0 spiro atoms. The summed E-state index contributed by atoms with van der Waals surface area (Å²) < 4.78 is 0. The molecule has 136 valence electrons. The number of carboxylic acids is 1. The average Bonchev–Trinajstić information content (AvgIpc) is 2.51. The monoisotopic (exact) mass is 344 g/mol. The highest BCUT2D eigenvalue weighted by molar-refractivity contribution is 6.03. The Morgan fingerprint density at radius 3 is 2.56 bits per heavy atom. The molecule has 1 aromatic rings. The molecule has 1 saturated carbocycles. The van der Waals surface area contributed by atoms with E-state index in [0.29, 0.717) is 11.5 Å². The standard InChI is InChI=1S/C21H28O4/c1-12(2)13-6-7-15-14(10-13)17(24)18(25)19-20(3,11-16(22)23)8-5-9-21(15,19)4/h6-7,10,12,18-19,25H,5,8-9,11H2,1-4H3,(H,22,23)/t18?,19-,20-,21+/m0/s1. The van der Waals surface area contributed by atoms with E-state index < -0.39 is 17.5 Å². The Hall–Kier alpha value is -1.68. The third-order valence-electron chi connectivity index (χ3n) is 6.61. The molecule has 25 heavy (non-hydrogen) atoms. The highest BCUT2D eigenvalue weighted by atomic mass is 16.4. The lowest BCUT2D eigenvalue weighted by atomic mass is 9.48. The van der Waals surface area contributed by atoms with Crippen LogP contribution in [0.3, 0.4) is 0 Å². The summed E-state index contributed by atoms with van der Waals surface area (Å²) in [6.07, 6.45) is 1.35. The van der Waals surface area contributed by atoms with Gasteiger partial charge in [-0.05, 0) is 46.8 Å². The number of benzene rings is 1. The molecule has 1 unspecified atom stereocenters. The third-order valence-corrected chi connectivity index (χ3v) is 6.61. The molecule has 0 bridgehead atoms.